The summed E-state index contributed by atoms with van der Waals surface area (Å²) in [5, 5.41) is 3.99. The predicted octanol–water partition coefficient (Wildman–Crippen LogP) is 6.31. The number of methoxy groups -OCH3 is 1. The third kappa shape index (κ3) is 6.06. The molecule has 192 valence electrons. The van der Waals surface area contributed by atoms with Gasteiger partial charge in [0.1, 0.15) is 5.75 Å². The van der Waals surface area contributed by atoms with Gasteiger partial charge in [0.15, 0.2) is 5.16 Å². The van der Waals surface area contributed by atoms with Gasteiger partial charge < -0.3 is 14.6 Å². The summed E-state index contributed by atoms with van der Waals surface area (Å²) < 4.78 is 7.46. The summed E-state index contributed by atoms with van der Waals surface area (Å²) in [6.07, 6.45) is 3.62. The minimum absolute atomic E-state index is 0.0626. The second-order valence-electron chi connectivity index (χ2n) is 9.20. The first-order valence-corrected chi connectivity index (χ1v) is 13.6. The molecule has 0 spiro atoms. The second-order valence-corrected chi connectivity index (χ2v) is 10.1. The van der Waals surface area contributed by atoms with E-state index in [4.69, 9.17) is 9.72 Å². The number of benzene rings is 3. The van der Waals surface area contributed by atoms with Crippen molar-refractivity contribution in [2.45, 2.75) is 30.3 Å². The molecule has 3 aromatic carbocycles. The Kier molecular flexibility index (Phi) is 8.04. The number of fused-ring (bicyclic) bond motifs is 1. The molecule has 0 aliphatic rings. The summed E-state index contributed by atoms with van der Waals surface area (Å²) >= 11 is 1.69. The molecule has 5 rings (SSSR count). The van der Waals surface area contributed by atoms with Crippen LogP contribution in [0.1, 0.15) is 39.9 Å². The third-order valence-electron chi connectivity index (χ3n) is 6.54. The number of pyridine rings is 1. The van der Waals surface area contributed by atoms with Crippen molar-refractivity contribution >= 4 is 28.7 Å². The molecule has 0 saturated carbocycles. The topological polar surface area (TPSA) is 69.0 Å². The van der Waals surface area contributed by atoms with Gasteiger partial charge in [0.05, 0.1) is 30.9 Å². The zero-order valence-corrected chi connectivity index (χ0v) is 22.3. The van der Waals surface area contributed by atoms with E-state index < -0.39 is 0 Å². The summed E-state index contributed by atoms with van der Waals surface area (Å²) in [5.74, 6) is 1.82. The summed E-state index contributed by atoms with van der Waals surface area (Å²) in [7, 11) is 1.67. The van der Waals surface area contributed by atoms with E-state index in [1.165, 1.54) is 11.1 Å². The molecule has 38 heavy (non-hydrogen) atoms. The standard InChI is InChI=1S/C31H30N4O2S/c1-22(25-6-4-3-5-7-25)18-33-30(36)26-12-8-23(9-13-26)20-35-29-19-32-17-16-28(29)34-31(35)38-21-24-10-14-27(37-2)15-11-24/h3-17,19,22H,18,20-21H2,1-2H3,(H,33,36)/t22-/m0/s1. The molecule has 1 atom stereocenters. The molecule has 7 heteroatoms. The second kappa shape index (κ2) is 12.0. The van der Waals surface area contributed by atoms with E-state index in [1.807, 2.05) is 66.9 Å². The Bertz CT molecular complexity index is 1500. The normalized spacial score (nSPS) is 11.8. The first-order chi connectivity index (χ1) is 18.6. The van der Waals surface area contributed by atoms with Crippen molar-refractivity contribution in [2.75, 3.05) is 13.7 Å². The van der Waals surface area contributed by atoms with E-state index in [2.05, 4.69) is 46.1 Å². The zero-order valence-electron chi connectivity index (χ0n) is 21.5. The van der Waals surface area contributed by atoms with Crippen molar-refractivity contribution in [3.8, 4) is 5.75 Å². The number of amides is 1. The third-order valence-corrected chi connectivity index (χ3v) is 7.58. The Labute approximate surface area is 227 Å². The highest BCUT2D eigenvalue weighted by atomic mass is 32.2. The van der Waals surface area contributed by atoms with E-state index in [9.17, 15) is 4.79 Å². The predicted molar refractivity (Wildman–Crippen MR) is 153 cm³/mol. The molecule has 0 unspecified atom stereocenters. The number of carbonyl (C=O) groups is 1. The van der Waals surface area contributed by atoms with Crippen LogP contribution in [0, 0.1) is 0 Å². The lowest BCUT2D eigenvalue weighted by molar-refractivity contribution is 0.0951. The molecule has 0 bridgehead atoms. The highest BCUT2D eigenvalue weighted by Gasteiger charge is 2.14. The molecule has 0 fully saturated rings. The lowest BCUT2D eigenvalue weighted by Crippen LogP contribution is -2.27. The number of ether oxygens (including phenoxy) is 1. The van der Waals surface area contributed by atoms with Gasteiger partial charge >= 0.3 is 0 Å². The summed E-state index contributed by atoms with van der Waals surface area (Å²) in [4.78, 5) is 21.9. The van der Waals surface area contributed by atoms with Crippen molar-refractivity contribution in [3.63, 3.8) is 0 Å². The van der Waals surface area contributed by atoms with Gasteiger partial charge in [-0.05, 0) is 52.9 Å². The Morgan fingerprint density at radius 2 is 1.71 bits per heavy atom. The van der Waals surface area contributed by atoms with Gasteiger partial charge in [0, 0.05) is 24.1 Å². The summed E-state index contributed by atoms with van der Waals surface area (Å²) in [6.45, 7) is 3.35. The van der Waals surface area contributed by atoms with Crippen LogP contribution in [0.5, 0.6) is 5.75 Å². The number of carbonyl (C=O) groups excluding carboxylic acids is 1. The van der Waals surface area contributed by atoms with E-state index in [1.54, 1.807) is 25.1 Å². The largest absolute Gasteiger partial charge is 0.497 e. The van der Waals surface area contributed by atoms with Crippen LogP contribution in [-0.4, -0.2) is 34.1 Å². The maximum Gasteiger partial charge on any atom is 0.251 e. The van der Waals surface area contributed by atoms with E-state index in [-0.39, 0.29) is 11.8 Å². The molecule has 2 aromatic heterocycles. The van der Waals surface area contributed by atoms with Gasteiger partial charge in [-0.25, -0.2) is 4.98 Å². The summed E-state index contributed by atoms with van der Waals surface area (Å²) in [6, 6.07) is 28.1. The monoisotopic (exact) mass is 522 g/mol. The Morgan fingerprint density at radius 3 is 2.45 bits per heavy atom. The highest BCUT2D eigenvalue weighted by molar-refractivity contribution is 7.98. The van der Waals surface area contributed by atoms with Crippen molar-refractivity contribution in [1.82, 2.24) is 19.9 Å². The molecule has 0 radical (unpaired) electrons. The van der Waals surface area contributed by atoms with E-state index in [0.29, 0.717) is 18.7 Å². The molecular weight excluding hydrogens is 492 g/mol. The Balaban J connectivity index is 1.26. The van der Waals surface area contributed by atoms with Crippen LogP contribution in [0.4, 0.5) is 0 Å². The average molecular weight is 523 g/mol. The zero-order chi connectivity index (χ0) is 26.3. The van der Waals surface area contributed by atoms with E-state index >= 15 is 0 Å². The number of nitrogens with zero attached hydrogens (tertiary/aromatic N) is 3. The quantitative estimate of drug-likeness (QED) is 0.218. The molecule has 0 aliphatic carbocycles. The van der Waals surface area contributed by atoms with Crippen LogP contribution in [0.25, 0.3) is 11.0 Å². The molecule has 0 saturated heterocycles. The average Bonchev–Trinajstić information content (AvgIpc) is 3.32. The first kappa shape index (κ1) is 25.5. The molecule has 2 heterocycles. The Morgan fingerprint density at radius 1 is 0.974 bits per heavy atom. The van der Waals surface area contributed by atoms with Gasteiger partial charge in [-0.15, -0.1) is 0 Å². The van der Waals surface area contributed by atoms with Gasteiger partial charge in [-0.1, -0.05) is 73.3 Å². The number of nitrogens with one attached hydrogen (secondary N) is 1. The SMILES string of the molecule is COc1ccc(CSc2nc3ccncc3n2Cc2ccc(C(=O)NC[C@H](C)c3ccccc3)cc2)cc1. The van der Waals surface area contributed by atoms with E-state index in [0.717, 1.165) is 33.3 Å². The lowest BCUT2D eigenvalue weighted by Gasteiger charge is -2.13. The molecule has 0 aliphatic heterocycles. The van der Waals surface area contributed by atoms with Gasteiger partial charge in [-0.2, -0.15) is 0 Å². The highest BCUT2D eigenvalue weighted by Crippen LogP contribution is 2.28. The first-order valence-electron chi connectivity index (χ1n) is 12.6. The fourth-order valence-electron chi connectivity index (χ4n) is 4.27. The van der Waals surface area contributed by atoms with Crippen LogP contribution < -0.4 is 10.1 Å². The van der Waals surface area contributed by atoms with Crippen LogP contribution in [-0.2, 0) is 12.3 Å². The molecule has 1 N–H and O–H groups in total. The van der Waals surface area contributed by atoms with Crippen LogP contribution in [0.3, 0.4) is 0 Å². The number of thioether (sulfide) groups is 1. The number of hydrogen-bond donors (Lipinski definition) is 1. The minimum atomic E-state index is -0.0626. The maximum absolute atomic E-state index is 12.8. The van der Waals surface area contributed by atoms with Crippen LogP contribution in [0.15, 0.2) is 102 Å². The Hall–Kier alpha value is -4.10. The maximum atomic E-state index is 12.8. The summed E-state index contributed by atoms with van der Waals surface area (Å²) in [5.41, 5.74) is 6.06. The van der Waals surface area contributed by atoms with Gasteiger partial charge in [-0.3, -0.25) is 9.78 Å². The number of hydrogen-bond acceptors (Lipinski definition) is 5. The van der Waals surface area contributed by atoms with Crippen molar-refractivity contribution < 1.29 is 9.53 Å². The number of imidazole rings is 1. The van der Waals surface area contributed by atoms with Crippen LogP contribution in [0.2, 0.25) is 0 Å². The number of rotatable bonds is 10. The smallest absolute Gasteiger partial charge is 0.251 e. The van der Waals surface area contributed by atoms with Crippen molar-refractivity contribution in [2.24, 2.45) is 0 Å². The number of aromatic nitrogens is 3. The molecular formula is C31H30N4O2S. The van der Waals surface area contributed by atoms with Gasteiger partial charge in [0.25, 0.3) is 5.91 Å². The van der Waals surface area contributed by atoms with Crippen molar-refractivity contribution in [3.05, 3.63) is 120 Å². The molecule has 5 aromatic rings. The van der Waals surface area contributed by atoms with Gasteiger partial charge in [0.2, 0.25) is 0 Å². The van der Waals surface area contributed by atoms with Crippen molar-refractivity contribution in [1.29, 1.82) is 0 Å². The molecule has 6 nitrogen and oxygen atoms in total. The van der Waals surface area contributed by atoms with Crippen LogP contribution >= 0.6 is 11.8 Å². The fraction of sp³-hybridized carbons (Fsp3) is 0.194. The molecule has 1 amide bonds. The lowest BCUT2D eigenvalue weighted by atomic mass is 10.0. The fourth-order valence-corrected chi connectivity index (χ4v) is 5.24. The minimum Gasteiger partial charge on any atom is -0.497 e.